The number of aliphatic hydroxyl groups excluding tert-OH is 2. The van der Waals surface area contributed by atoms with Crippen molar-refractivity contribution in [1.82, 2.24) is 9.13 Å². The largest absolute Gasteiger partial charge is 0.485 e. The van der Waals surface area contributed by atoms with Gasteiger partial charge in [0.1, 0.15) is 24.2 Å². The summed E-state index contributed by atoms with van der Waals surface area (Å²) in [5, 5.41) is 20.7. The topological polar surface area (TPSA) is 106 Å². The molecule has 1 aromatic carbocycles. The van der Waals surface area contributed by atoms with Gasteiger partial charge in [-0.1, -0.05) is 0 Å². The van der Waals surface area contributed by atoms with Crippen molar-refractivity contribution in [3.05, 3.63) is 60.2 Å². The van der Waals surface area contributed by atoms with Crippen LogP contribution in [0.25, 0.3) is 11.0 Å². The Bertz CT molecular complexity index is 1240. The van der Waals surface area contributed by atoms with E-state index in [4.69, 9.17) is 9.84 Å². The number of fused-ring (bicyclic) bond motifs is 1. The molecule has 2 heterocycles. The molecule has 0 bridgehead atoms. The monoisotopic (exact) mass is 533 g/mol. The van der Waals surface area contributed by atoms with E-state index in [0.717, 1.165) is 4.57 Å². The molecule has 1 atom stereocenters. The van der Waals surface area contributed by atoms with E-state index in [-0.39, 0.29) is 29.1 Å². The minimum Gasteiger partial charge on any atom is -0.485 e. The number of aliphatic hydroxyl groups is 2. The summed E-state index contributed by atoms with van der Waals surface area (Å²) in [6, 6.07) is 4.16. The molecule has 2 aromatic heterocycles. The summed E-state index contributed by atoms with van der Waals surface area (Å²) in [7, 11) is 2.82. The fourth-order valence-electron chi connectivity index (χ4n) is 2.97. The highest BCUT2D eigenvalue weighted by Crippen LogP contribution is 2.28. The van der Waals surface area contributed by atoms with E-state index in [1.165, 1.54) is 37.0 Å². The van der Waals surface area contributed by atoms with Gasteiger partial charge in [-0.15, -0.1) is 0 Å². The number of halogens is 3. The smallest absolute Gasteiger partial charge is 0.290 e. The molecule has 3 rings (SSSR count). The predicted octanol–water partition coefficient (Wildman–Crippen LogP) is 1.60. The molecule has 30 heavy (non-hydrogen) atoms. The van der Waals surface area contributed by atoms with Crippen molar-refractivity contribution in [2.24, 2.45) is 14.1 Å². The van der Waals surface area contributed by atoms with E-state index in [2.05, 4.69) is 5.32 Å². The number of aromatic nitrogens is 2. The van der Waals surface area contributed by atoms with Gasteiger partial charge in [-0.2, -0.15) is 4.39 Å². The molecule has 0 unspecified atom stereocenters. The van der Waals surface area contributed by atoms with Crippen LogP contribution in [0.5, 0.6) is 5.75 Å². The summed E-state index contributed by atoms with van der Waals surface area (Å²) in [5.74, 6) is -2.18. The zero-order valence-electron chi connectivity index (χ0n) is 15.9. The Kier molecular flexibility index (Phi) is 6.43. The first-order valence-corrected chi connectivity index (χ1v) is 9.79. The lowest BCUT2D eigenvalue weighted by atomic mass is 10.2. The van der Waals surface area contributed by atoms with Gasteiger partial charge in [-0.25, -0.2) is 4.39 Å². The minimum atomic E-state index is -1.26. The van der Waals surface area contributed by atoms with Crippen LogP contribution in [0.4, 0.5) is 20.2 Å². The molecule has 3 N–H and O–H groups in total. The molecular formula is C19H18F2IN3O5. The standard InChI is InChI=1S/C19H18F2IN3O5/c1-24-6-13(30-8-10(27)7-26)17(28)14-16(15(21)19(29)25(2)18(14)24)23-12-4-3-9(22)5-11(12)20/h3-6,10,23,26-27H,7-8H2,1-2H3/t10-/m1/s1. The third-order valence-corrected chi connectivity index (χ3v) is 5.10. The van der Waals surface area contributed by atoms with E-state index >= 15 is 0 Å². The van der Waals surface area contributed by atoms with Crippen molar-refractivity contribution in [1.29, 1.82) is 0 Å². The Hall–Kier alpha value is -2.51. The summed E-state index contributed by atoms with van der Waals surface area (Å²) >= 11 is 1.91. The molecule has 0 fully saturated rings. The molecule has 3 aromatic rings. The van der Waals surface area contributed by atoms with Crippen LogP contribution in [0.15, 0.2) is 34.0 Å². The normalized spacial score (nSPS) is 12.2. The maximum atomic E-state index is 14.9. The number of nitrogens with one attached hydrogen (secondary N) is 1. The van der Waals surface area contributed by atoms with E-state index in [1.54, 1.807) is 6.07 Å². The summed E-state index contributed by atoms with van der Waals surface area (Å²) in [5.41, 5.74) is -2.30. The van der Waals surface area contributed by atoms with Crippen LogP contribution in [-0.2, 0) is 14.1 Å². The average Bonchev–Trinajstić information content (AvgIpc) is 2.71. The second kappa shape index (κ2) is 8.70. The van der Waals surface area contributed by atoms with Crippen molar-refractivity contribution in [2.45, 2.75) is 6.10 Å². The molecule has 0 saturated carbocycles. The minimum absolute atomic E-state index is 0.0786. The molecule has 160 valence electrons. The number of hydrogen-bond donors (Lipinski definition) is 3. The van der Waals surface area contributed by atoms with Gasteiger partial charge >= 0.3 is 0 Å². The fourth-order valence-corrected chi connectivity index (χ4v) is 3.42. The maximum absolute atomic E-state index is 14.9. The lowest BCUT2D eigenvalue weighted by Gasteiger charge is -2.18. The van der Waals surface area contributed by atoms with Gasteiger partial charge in [0.05, 0.1) is 29.6 Å². The first kappa shape index (κ1) is 22.2. The highest BCUT2D eigenvalue weighted by atomic mass is 127. The fraction of sp³-hybridized carbons (Fsp3) is 0.263. The molecule has 11 heteroatoms. The van der Waals surface area contributed by atoms with Crippen LogP contribution in [0, 0.1) is 15.2 Å². The number of ether oxygens (including phenoxy) is 1. The van der Waals surface area contributed by atoms with Crippen molar-refractivity contribution >= 4 is 45.0 Å². The van der Waals surface area contributed by atoms with Crippen LogP contribution >= 0.6 is 22.6 Å². The third-order valence-electron chi connectivity index (χ3n) is 4.43. The molecule has 0 aliphatic rings. The van der Waals surface area contributed by atoms with Crippen molar-refractivity contribution in [3.8, 4) is 5.75 Å². The van der Waals surface area contributed by atoms with Crippen molar-refractivity contribution < 1.29 is 23.7 Å². The third kappa shape index (κ3) is 4.04. The van der Waals surface area contributed by atoms with Gasteiger partial charge in [0.15, 0.2) is 5.75 Å². The maximum Gasteiger partial charge on any atom is 0.290 e. The Labute approximate surface area is 182 Å². The van der Waals surface area contributed by atoms with Gasteiger partial charge < -0.3 is 24.8 Å². The van der Waals surface area contributed by atoms with Crippen LogP contribution in [0.2, 0.25) is 0 Å². The number of rotatable bonds is 6. The number of anilines is 2. The highest BCUT2D eigenvalue weighted by Gasteiger charge is 2.23. The zero-order valence-corrected chi connectivity index (χ0v) is 18.1. The molecule has 0 aliphatic carbocycles. The number of benzene rings is 1. The second-order valence-electron chi connectivity index (χ2n) is 6.58. The second-order valence-corrected chi connectivity index (χ2v) is 7.83. The van der Waals surface area contributed by atoms with Crippen LogP contribution in [0.1, 0.15) is 0 Å². The first-order chi connectivity index (χ1) is 14.1. The highest BCUT2D eigenvalue weighted by molar-refractivity contribution is 14.1. The summed E-state index contributed by atoms with van der Waals surface area (Å²) in [6.07, 6.45) is 0.0576. The number of nitrogens with zero attached hydrogens (tertiary/aromatic N) is 2. The van der Waals surface area contributed by atoms with E-state index in [0.29, 0.717) is 3.57 Å². The van der Waals surface area contributed by atoms with Gasteiger partial charge in [0, 0.05) is 17.7 Å². The molecule has 8 nitrogen and oxygen atoms in total. The quantitative estimate of drug-likeness (QED) is 0.416. The predicted molar refractivity (Wildman–Crippen MR) is 115 cm³/mol. The Balaban J connectivity index is 2.28. The molecule has 0 amide bonds. The Morgan fingerprint density at radius 3 is 2.60 bits per heavy atom. The summed E-state index contributed by atoms with van der Waals surface area (Å²) in [4.78, 5) is 25.4. The van der Waals surface area contributed by atoms with Crippen molar-refractivity contribution in [3.63, 3.8) is 0 Å². The molecular weight excluding hydrogens is 515 g/mol. The molecule has 0 spiro atoms. The lowest BCUT2D eigenvalue weighted by molar-refractivity contribution is 0.0531. The van der Waals surface area contributed by atoms with Gasteiger partial charge in [-0.05, 0) is 40.8 Å². The number of hydrogen-bond acceptors (Lipinski definition) is 6. The SMILES string of the molecule is Cn1cc(OC[C@H](O)CO)c(=O)c2c(Nc3ccc(I)cc3F)c(F)c(=O)n(C)c21. The van der Waals surface area contributed by atoms with Crippen LogP contribution < -0.4 is 21.0 Å². The number of pyridine rings is 2. The van der Waals surface area contributed by atoms with E-state index in [9.17, 15) is 23.5 Å². The van der Waals surface area contributed by atoms with Crippen molar-refractivity contribution in [2.75, 3.05) is 18.5 Å². The number of aryl methyl sites for hydroxylation is 2. The molecule has 0 saturated heterocycles. The van der Waals surface area contributed by atoms with Gasteiger partial charge in [0.25, 0.3) is 5.56 Å². The lowest BCUT2D eigenvalue weighted by Crippen LogP contribution is -2.28. The Morgan fingerprint density at radius 1 is 1.27 bits per heavy atom. The summed E-state index contributed by atoms with van der Waals surface area (Å²) < 4.78 is 37.5. The van der Waals surface area contributed by atoms with Gasteiger partial charge in [-0.3, -0.25) is 14.2 Å². The summed E-state index contributed by atoms with van der Waals surface area (Å²) in [6.45, 7) is -0.948. The van der Waals surface area contributed by atoms with Gasteiger partial charge in [0.2, 0.25) is 11.2 Å². The molecule has 0 aliphatic heterocycles. The average molecular weight is 533 g/mol. The molecule has 0 radical (unpaired) electrons. The van der Waals surface area contributed by atoms with Crippen LogP contribution in [-0.4, -0.2) is 38.7 Å². The van der Waals surface area contributed by atoms with Crippen LogP contribution in [0.3, 0.4) is 0 Å². The first-order valence-electron chi connectivity index (χ1n) is 8.71. The van der Waals surface area contributed by atoms with E-state index < -0.39 is 41.0 Å². The Morgan fingerprint density at radius 2 is 1.97 bits per heavy atom. The van der Waals surface area contributed by atoms with E-state index in [1.807, 2.05) is 22.6 Å². The zero-order chi connectivity index (χ0) is 22.2.